The van der Waals surface area contributed by atoms with Crippen molar-refractivity contribution in [3.8, 4) is 5.75 Å². The number of aliphatic hydroxyl groups excluding tert-OH is 1. The summed E-state index contributed by atoms with van der Waals surface area (Å²) in [4.78, 5) is 28.9. The van der Waals surface area contributed by atoms with Crippen LogP contribution < -0.4 is 5.32 Å². The number of ketones is 2. The lowest BCUT2D eigenvalue weighted by atomic mass is 9.33. The van der Waals surface area contributed by atoms with Crippen molar-refractivity contribution in [2.75, 3.05) is 7.05 Å². The van der Waals surface area contributed by atoms with E-state index in [0.717, 1.165) is 55.2 Å². The van der Waals surface area contributed by atoms with Gasteiger partial charge in [0.05, 0.1) is 17.1 Å². The molecule has 4 bridgehead atoms. The molecule has 1 aliphatic heterocycles. The van der Waals surface area contributed by atoms with Gasteiger partial charge in [-0.3, -0.25) is 9.59 Å². The van der Waals surface area contributed by atoms with E-state index in [9.17, 15) is 19.8 Å². The molecular weight excluding hydrogens is 574 g/mol. The zero-order valence-corrected chi connectivity index (χ0v) is 29.7. The molecule has 8 rings (SSSR count). The lowest BCUT2D eigenvalue weighted by Gasteiger charge is -2.70. The largest absolute Gasteiger partial charge is 0.508 e. The molecule has 1 aromatic rings. The molecule has 252 valence electrons. The van der Waals surface area contributed by atoms with Crippen LogP contribution in [0.4, 0.5) is 0 Å². The normalized spacial score (nSPS) is 43.2. The molecular formula is C40H57NO5. The number of carbonyl (C=O) groups is 2. The molecule has 7 aliphatic rings. The number of ether oxygens (including phenoxy) is 1. The van der Waals surface area contributed by atoms with Crippen molar-refractivity contribution in [1.82, 2.24) is 5.32 Å². The Balaban J connectivity index is 1.30. The second kappa shape index (κ2) is 10.0. The maximum atomic E-state index is 14.9. The van der Waals surface area contributed by atoms with Crippen molar-refractivity contribution in [3.05, 3.63) is 40.5 Å². The Labute approximate surface area is 276 Å². The molecule has 46 heavy (non-hydrogen) atoms. The number of benzene rings is 1. The summed E-state index contributed by atoms with van der Waals surface area (Å²) in [7, 11) is 1.91. The first kappa shape index (κ1) is 32.5. The van der Waals surface area contributed by atoms with E-state index in [-0.39, 0.29) is 51.3 Å². The molecule has 0 radical (unpaired) electrons. The molecule has 10 atom stereocenters. The van der Waals surface area contributed by atoms with Gasteiger partial charge in [-0.05, 0) is 129 Å². The smallest absolute Gasteiger partial charge is 0.159 e. The molecule has 5 saturated carbocycles. The number of aromatic hydroxyl groups is 1. The molecule has 0 spiro atoms. The van der Waals surface area contributed by atoms with E-state index in [4.69, 9.17) is 4.74 Å². The van der Waals surface area contributed by atoms with Gasteiger partial charge in [-0.2, -0.15) is 0 Å². The SMILES string of the molecule is CNCc1cc(O)cc([C@]23CC[C@@H]4C[C@@]5(C)[C@H](CCC6=C([C@H](C)C[C@@H](O)[C@H]7OC7(C)C)C(=O)C[C@@]65C)[C@](C)(C2)[C@@H]4C(C)(C)C3=O)c1. The highest BCUT2D eigenvalue weighted by atomic mass is 16.6. The number of fused-ring (bicyclic) bond motifs is 5. The number of phenols is 1. The fourth-order valence-corrected chi connectivity index (χ4v) is 13.5. The minimum absolute atomic E-state index is 0.00525. The number of carbonyl (C=O) groups excluding carboxylic acids is 2. The van der Waals surface area contributed by atoms with Gasteiger partial charge in [0.2, 0.25) is 0 Å². The van der Waals surface area contributed by atoms with E-state index in [1.54, 1.807) is 0 Å². The van der Waals surface area contributed by atoms with Crippen molar-refractivity contribution in [3.63, 3.8) is 0 Å². The fourth-order valence-electron chi connectivity index (χ4n) is 13.5. The lowest BCUT2D eigenvalue weighted by Crippen LogP contribution is -2.67. The third-order valence-electron chi connectivity index (χ3n) is 15.0. The number of rotatable bonds is 7. The summed E-state index contributed by atoms with van der Waals surface area (Å²) in [5, 5.41) is 25.1. The molecule has 0 unspecified atom stereocenters. The van der Waals surface area contributed by atoms with Crippen molar-refractivity contribution >= 4 is 11.6 Å². The summed E-state index contributed by atoms with van der Waals surface area (Å²) in [6, 6.07) is 5.87. The highest BCUT2D eigenvalue weighted by Crippen LogP contribution is 2.78. The van der Waals surface area contributed by atoms with Gasteiger partial charge in [-0.15, -0.1) is 0 Å². The number of hydrogen-bond donors (Lipinski definition) is 3. The van der Waals surface area contributed by atoms with Gasteiger partial charge in [-0.1, -0.05) is 53.2 Å². The number of epoxide rings is 1. The molecule has 1 saturated heterocycles. The van der Waals surface area contributed by atoms with Crippen molar-refractivity contribution in [2.24, 2.45) is 45.3 Å². The molecule has 0 aromatic heterocycles. The molecule has 1 aromatic carbocycles. The van der Waals surface area contributed by atoms with Crippen LogP contribution in [0.15, 0.2) is 29.3 Å². The van der Waals surface area contributed by atoms with E-state index >= 15 is 0 Å². The Morgan fingerprint density at radius 2 is 1.74 bits per heavy atom. The van der Waals surface area contributed by atoms with E-state index in [2.05, 4.69) is 52.9 Å². The molecule has 6 nitrogen and oxygen atoms in total. The van der Waals surface area contributed by atoms with Crippen LogP contribution in [-0.4, -0.2) is 46.6 Å². The third kappa shape index (κ3) is 4.17. The van der Waals surface area contributed by atoms with Crippen LogP contribution in [0.3, 0.4) is 0 Å². The maximum Gasteiger partial charge on any atom is 0.159 e. The predicted molar refractivity (Wildman–Crippen MR) is 179 cm³/mol. The number of allylic oxidation sites excluding steroid dienone is 2. The number of nitrogens with one attached hydrogen (secondary N) is 1. The average Bonchev–Trinajstić information content (AvgIpc) is 3.54. The van der Waals surface area contributed by atoms with Crippen LogP contribution in [0, 0.1) is 45.3 Å². The maximum absolute atomic E-state index is 14.9. The molecule has 3 N–H and O–H groups in total. The summed E-state index contributed by atoms with van der Waals surface area (Å²) in [5.74, 6) is 1.92. The highest BCUT2D eigenvalue weighted by Gasteiger charge is 2.74. The summed E-state index contributed by atoms with van der Waals surface area (Å²) in [6.07, 6.45) is 5.96. The van der Waals surface area contributed by atoms with E-state index in [1.807, 2.05) is 33.0 Å². The second-order valence-electron chi connectivity index (χ2n) is 18.4. The van der Waals surface area contributed by atoms with Crippen LogP contribution in [0.1, 0.15) is 118 Å². The van der Waals surface area contributed by atoms with Gasteiger partial charge in [0.1, 0.15) is 17.6 Å². The van der Waals surface area contributed by atoms with Crippen LogP contribution in [0.5, 0.6) is 5.75 Å². The van der Waals surface area contributed by atoms with Gasteiger partial charge in [-0.25, -0.2) is 0 Å². The minimum atomic E-state index is -0.632. The second-order valence-corrected chi connectivity index (χ2v) is 18.4. The Bertz CT molecular complexity index is 1520. The van der Waals surface area contributed by atoms with Crippen LogP contribution in [0.25, 0.3) is 0 Å². The van der Waals surface area contributed by atoms with E-state index < -0.39 is 16.9 Å². The Kier molecular flexibility index (Phi) is 7.08. The Morgan fingerprint density at radius 1 is 1.04 bits per heavy atom. The summed E-state index contributed by atoms with van der Waals surface area (Å²) < 4.78 is 5.76. The molecule has 1 heterocycles. The van der Waals surface area contributed by atoms with Gasteiger partial charge >= 0.3 is 0 Å². The van der Waals surface area contributed by atoms with Crippen LogP contribution >= 0.6 is 0 Å². The molecule has 6 heteroatoms. The van der Waals surface area contributed by atoms with Gasteiger partial charge in [0.25, 0.3) is 0 Å². The number of phenolic OH excluding ortho intramolecular Hbond substituents is 1. The highest BCUT2D eigenvalue weighted by molar-refractivity contribution is 6.01. The first-order chi connectivity index (χ1) is 21.4. The van der Waals surface area contributed by atoms with E-state index in [0.29, 0.717) is 37.0 Å². The standard InChI is InChI=1S/C40H57NO5/c1-22(14-28(43)33-36(4,5)46-33)31-27-10-11-30-37(6)21-40(25-15-23(20-41-9)16-26(42)17-25)13-12-24(32(37)35(2,3)34(40)45)18-39(30,8)38(27,7)19-29(31)44/h15-17,22,24,28,30,32-33,41-43H,10-14,18-21H2,1-9H3/t22-,24-,28-,30-,32+,33-,37+,38+,39+,40+/m1/s1. The number of Topliss-reactive ketones (excluding diaryl/α,β-unsaturated/α-hetero) is 2. The quantitative estimate of drug-likeness (QED) is 0.279. The topological polar surface area (TPSA) is 99.2 Å². The first-order valence-corrected chi connectivity index (χ1v) is 18.0. The van der Waals surface area contributed by atoms with Crippen molar-refractivity contribution in [1.29, 1.82) is 0 Å². The van der Waals surface area contributed by atoms with Crippen molar-refractivity contribution in [2.45, 2.75) is 137 Å². The number of hydrogen-bond acceptors (Lipinski definition) is 6. The monoisotopic (exact) mass is 631 g/mol. The van der Waals surface area contributed by atoms with Gasteiger partial charge in [0, 0.05) is 23.8 Å². The minimum Gasteiger partial charge on any atom is -0.508 e. The fraction of sp³-hybridized carbons (Fsp3) is 0.750. The molecule has 6 fully saturated rings. The first-order valence-electron chi connectivity index (χ1n) is 18.0. The van der Waals surface area contributed by atoms with Crippen molar-refractivity contribution < 1.29 is 24.5 Å². The lowest BCUT2D eigenvalue weighted by molar-refractivity contribution is -0.201. The Morgan fingerprint density at radius 3 is 2.39 bits per heavy atom. The van der Waals surface area contributed by atoms with Gasteiger partial charge in [0.15, 0.2) is 5.78 Å². The summed E-state index contributed by atoms with van der Waals surface area (Å²) in [6.45, 7) is 18.6. The predicted octanol–water partition coefficient (Wildman–Crippen LogP) is 7.04. The molecule has 6 aliphatic carbocycles. The van der Waals surface area contributed by atoms with Gasteiger partial charge < -0.3 is 20.3 Å². The average molecular weight is 632 g/mol. The van der Waals surface area contributed by atoms with E-state index in [1.165, 1.54) is 5.57 Å². The number of aliphatic hydroxyl groups is 1. The molecule has 0 amide bonds. The zero-order chi connectivity index (χ0) is 33.4. The van der Waals surface area contributed by atoms with Crippen LogP contribution in [0.2, 0.25) is 0 Å². The summed E-state index contributed by atoms with van der Waals surface area (Å²) in [5.41, 5.74) is 2.55. The Hall–Kier alpha value is -2.02. The summed E-state index contributed by atoms with van der Waals surface area (Å²) >= 11 is 0. The third-order valence-corrected chi connectivity index (χ3v) is 15.0. The zero-order valence-electron chi connectivity index (χ0n) is 29.7. The van der Waals surface area contributed by atoms with Crippen LogP contribution in [-0.2, 0) is 26.3 Å².